The molecule has 0 saturated carbocycles. The smallest absolute Gasteiger partial charge is 0.344 e. The third-order valence-corrected chi connectivity index (χ3v) is 5.59. The lowest BCUT2D eigenvalue weighted by molar-refractivity contribution is -0.0407. The Morgan fingerprint density at radius 2 is 1.84 bits per heavy atom. The number of nitrogens with one attached hydrogen (secondary N) is 1. The average Bonchev–Trinajstić information content (AvgIpc) is 2.72. The molecule has 2 heterocycles. The van der Waals surface area contributed by atoms with E-state index in [1.165, 1.54) is 0 Å². The quantitative estimate of drug-likeness (QED) is 0.233. The molecule has 0 bridgehead atoms. The number of fused-ring (bicyclic) bond motifs is 1. The minimum absolute atomic E-state index is 0.0394. The van der Waals surface area contributed by atoms with E-state index >= 15 is 0 Å². The third-order valence-electron chi connectivity index (χ3n) is 5.25. The number of benzene rings is 2. The van der Waals surface area contributed by atoms with Gasteiger partial charge in [0.05, 0.1) is 22.3 Å². The minimum atomic E-state index is -1.50. The highest BCUT2D eigenvalue weighted by Crippen LogP contribution is 2.31. The molecule has 0 radical (unpaired) electrons. The van der Waals surface area contributed by atoms with E-state index in [1.54, 1.807) is 0 Å². The second-order valence-corrected chi connectivity index (χ2v) is 7.71. The number of anilines is 1. The summed E-state index contributed by atoms with van der Waals surface area (Å²) in [6.07, 6.45) is 0.849. The largest absolute Gasteiger partial charge is 0.451 e. The van der Waals surface area contributed by atoms with Gasteiger partial charge in [-0.25, -0.2) is 22.4 Å². The van der Waals surface area contributed by atoms with Gasteiger partial charge in [0.25, 0.3) is 0 Å². The standard InChI is InChI=1S/C20H15ClF4N4O3/c21-15-16(25)12(24)1-8-17(15)29(14-3-13(27)10(22)2-11(14)23)4-9(18(8)30)19(31)32-20(5-26)6-28-7-20/h1-4,28H,5-7,26-27H2. The van der Waals surface area contributed by atoms with E-state index in [0.717, 1.165) is 16.8 Å². The fourth-order valence-corrected chi connectivity index (χ4v) is 3.66. The summed E-state index contributed by atoms with van der Waals surface area (Å²) in [7, 11) is 0. The summed E-state index contributed by atoms with van der Waals surface area (Å²) in [6.45, 7) is 0.444. The zero-order valence-electron chi connectivity index (χ0n) is 16.1. The highest BCUT2D eigenvalue weighted by molar-refractivity contribution is 6.35. The molecule has 0 aliphatic carbocycles. The van der Waals surface area contributed by atoms with Crippen molar-refractivity contribution in [2.45, 2.75) is 5.60 Å². The molecule has 168 valence electrons. The summed E-state index contributed by atoms with van der Waals surface area (Å²) < 4.78 is 62.7. The van der Waals surface area contributed by atoms with Crippen LogP contribution in [0.5, 0.6) is 0 Å². The van der Waals surface area contributed by atoms with Gasteiger partial charge in [0.15, 0.2) is 11.6 Å². The number of nitrogens with two attached hydrogens (primary N) is 2. The van der Waals surface area contributed by atoms with Gasteiger partial charge in [-0.2, -0.15) is 0 Å². The summed E-state index contributed by atoms with van der Waals surface area (Å²) in [5.41, 5.74) is 7.07. The van der Waals surface area contributed by atoms with Crippen LogP contribution in [0.1, 0.15) is 10.4 Å². The number of hydrogen-bond donors (Lipinski definition) is 3. The molecule has 1 saturated heterocycles. The molecule has 3 aromatic rings. The molecule has 1 aliphatic rings. The Kier molecular flexibility index (Phi) is 5.35. The lowest BCUT2D eigenvalue weighted by Crippen LogP contribution is -2.65. The highest BCUT2D eigenvalue weighted by atomic mass is 35.5. The zero-order chi connectivity index (χ0) is 23.4. The Balaban J connectivity index is 2.03. The molecule has 0 spiro atoms. The second kappa shape index (κ2) is 7.76. The van der Waals surface area contributed by atoms with Crippen LogP contribution >= 0.6 is 11.6 Å². The molecule has 4 rings (SSSR count). The molecule has 0 amide bonds. The van der Waals surface area contributed by atoms with Crippen molar-refractivity contribution in [1.82, 2.24) is 9.88 Å². The number of carbonyl (C=O) groups is 1. The van der Waals surface area contributed by atoms with Crippen molar-refractivity contribution in [3.63, 3.8) is 0 Å². The fourth-order valence-electron chi connectivity index (χ4n) is 3.38. The highest BCUT2D eigenvalue weighted by Gasteiger charge is 2.40. The zero-order valence-corrected chi connectivity index (χ0v) is 16.9. The van der Waals surface area contributed by atoms with Gasteiger partial charge >= 0.3 is 5.97 Å². The fraction of sp³-hybridized carbons (Fsp3) is 0.200. The van der Waals surface area contributed by atoms with Crippen LogP contribution in [-0.4, -0.2) is 35.8 Å². The molecule has 1 aromatic heterocycles. The predicted molar refractivity (Wildman–Crippen MR) is 109 cm³/mol. The van der Waals surface area contributed by atoms with Crippen LogP contribution in [0, 0.1) is 23.3 Å². The van der Waals surface area contributed by atoms with E-state index in [4.69, 9.17) is 27.8 Å². The molecule has 0 atom stereocenters. The van der Waals surface area contributed by atoms with Crippen molar-refractivity contribution >= 4 is 34.2 Å². The van der Waals surface area contributed by atoms with Gasteiger partial charge in [-0.3, -0.25) is 4.79 Å². The lowest BCUT2D eigenvalue weighted by Gasteiger charge is -2.40. The van der Waals surface area contributed by atoms with Gasteiger partial charge in [0, 0.05) is 31.9 Å². The summed E-state index contributed by atoms with van der Waals surface area (Å²) >= 11 is 5.93. The molecule has 2 aromatic carbocycles. The van der Waals surface area contributed by atoms with E-state index in [0.29, 0.717) is 12.1 Å². The van der Waals surface area contributed by atoms with Crippen LogP contribution in [0.25, 0.3) is 16.6 Å². The van der Waals surface area contributed by atoms with E-state index in [9.17, 15) is 27.2 Å². The van der Waals surface area contributed by atoms with Crippen molar-refractivity contribution in [1.29, 1.82) is 0 Å². The van der Waals surface area contributed by atoms with Gasteiger partial charge in [-0.15, -0.1) is 0 Å². The molecule has 0 unspecified atom stereocenters. The molecule has 7 nitrogen and oxygen atoms in total. The summed E-state index contributed by atoms with van der Waals surface area (Å²) in [5, 5.41) is 1.51. The number of pyridine rings is 1. The molecular weight excluding hydrogens is 456 g/mol. The molecule has 1 aliphatic heterocycles. The van der Waals surface area contributed by atoms with Gasteiger partial charge in [0.2, 0.25) is 5.43 Å². The van der Waals surface area contributed by atoms with Crippen LogP contribution in [0.2, 0.25) is 5.02 Å². The van der Waals surface area contributed by atoms with Crippen LogP contribution in [0.3, 0.4) is 0 Å². The lowest BCUT2D eigenvalue weighted by atomic mass is 9.97. The number of esters is 1. The Labute approximate surface area is 182 Å². The number of halogens is 5. The van der Waals surface area contributed by atoms with Gasteiger partial charge < -0.3 is 26.1 Å². The Bertz CT molecular complexity index is 1340. The van der Waals surface area contributed by atoms with Crippen molar-refractivity contribution < 1.29 is 27.1 Å². The van der Waals surface area contributed by atoms with E-state index in [2.05, 4.69) is 5.32 Å². The van der Waals surface area contributed by atoms with Crippen molar-refractivity contribution in [3.05, 3.63) is 68.5 Å². The number of hydrogen-bond acceptors (Lipinski definition) is 6. The molecule has 12 heteroatoms. The van der Waals surface area contributed by atoms with Crippen molar-refractivity contribution in [2.75, 3.05) is 25.4 Å². The summed E-state index contributed by atoms with van der Waals surface area (Å²) in [5.74, 6) is -6.31. The van der Waals surface area contributed by atoms with Crippen molar-refractivity contribution in [2.24, 2.45) is 5.73 Å². The van der Waals surface area contributed by atoms with Gasteiger partial charge in [0.1, 0.15) is 27.8 Å². The monoisotopic (exact) mass is 470 g/mol. The van der Waals surface area contributed by atoms with Gasteiger partial charge in [-0.1, -0.05) is 11.6 Å². The number of nitrogen functional groups attached to an aromatic ring is 1. The summed E-state index contributed by atoms with van der Waals surface area (Å²) in [6, 6.07) is 1.85. The first kappa shape index (κ1) is 22.1. The number of nitrogens with zero attached hydrogens (tertiary/aromatic N) is 1. The molecule has 32 heavy (non-hydrogen) atoms. The Morgan fingerprint density at radius 1 is 1.16 bits per heavy atom. The van der Waals surface area contributed by atoms with E-state index < -0.39 is 73.1 Å². The SMILES string of the molecule is NCC1(OC(=O)c2cn(-c3cc(N)c(F)cc3F)c3c(Cl)c(F)c(F)cc3c2=O)CNC1. The maximum Gasteiger partial charge on any atom is 0.344 e. The first-order valence-electron chi connectivity index (χ1n) is 9.20. The van der Waals surface area contributed by atoms with E-state index in [-0.39, 0.29) is 19.6 Å². The van der Waals surface area contributed by atoms with E-state index in [1.807, 2.05) is 0 Å². The normalized spacial score (nSPS) is 14.9. The molecule has 1 fully saturated rings. The summed E-state index contributed by atoms with van der Waals surface area (Å²) in [4.78, 5) is 25.8. The third kappa shape index (κ3) is 3.38. The Hall–Kier alpha value is -3.15. The predicted octanol–water partition coefficient (Wildman–Crippen LogP) is 2.24. The topological polar surface area (TPSA) is 112 Å². The molecular formula is C20H15ClF4N4O3. The average molecular weight is 471 g/mol. The maximum atomic E-state index is 14.6. The first-order chi connectivity index (χ1) is 15.1. The van der Waals surface area contributed by atoms with Crippen molar-refractivity contribution in [3.8, 4) is 5.69 Å². The van der Waals surface area contributed by atoms with Crippen LogP contribution in [0.4, 0.5) is 23.2 Å². The van der Waals surface area contributed by atoms with Gasteiger partial charge in [-0.05, 0) is 12.1 Å². The van der Waals surface area contributed by atoms with Crippen LogP contribution < -0.4 is 22.2 Å². The minimum Gasteiger partial charge on any atom is -0.451 e. The number of aromatic nitrogens is 1. The maximum absolute atomic E-state index is 14.6. The Morgan fingerprint density at radius 3 is 2.44 bits per heavy atom. The second-order valence-electron chi connectivity index (χ2n) is 7.33. The number of rotatable bonds is 4. The first-order valence-corrected chi connectivity index (χ1v) is 9.58. The van der Waals surface area contributed by atoms with Crippen LogP contribution in [0.15, 0.2) is 29.2 Å². The molecule has 5 N–H and O–H groups in total. The number of ether oxygens (including phenoxy) is 1. The van der Waals surface area contributed by atoms with Crippen LogP contribution in [-0.2, 0) is 4.74 Å². The number of carbonyl (C=O) groups excluding carboxylic acids is 1.